The van der Waals surface area contributed by atoms with Crippen molar-refractivity contribution in [2.75, 3.05) is 46.9 Å². The molecular formula is C16H26N2O. The molecule has 2 rings (SSSR count). The van der Waals surface area contributed by atoms with Crippen molar-refractivity contribution < 1.29 is 4.74 Å². The first-order valence-corrected chi connectivity index (χ1v) is 7.23. The summed E-state index contributed by atoms with van der Waals surface area (Å²) in [5.41, 5.74) is 2.66. The molecule has 1 aliphatic heterocycles. The Hall–Kier alpha value is -1.06. The van der Waals surface area contributed by atoms with Crippen LogP contribution in [0.3, 0.4) is 0 Å². The maximum absolute atomic E-state index is 5.44. The monoisotopic (exact) mass is 262 g/mol. The van der Waals surface area contributed by atoms with Crippen molar-refractivity contribution in [2.24, 2.45) is 0 Å². The normalized spacial score (nSPS) is 17.6. The number of nitrogens with zero attached hydrogens (tertiary/aromatic N) is 2. The lowest BCUT2D eigenvalue weighted by Gasteiger charge is -2.32. The molecule has 0 bridgehead atoms. The second-order valence-corrected chi connectivity index (χ2v) is 5.56. The Balaban J connectivity index is 1.80. The molecule has 1 aromatic rings. The summed E-state index contributed by atoms with van der Waals surface area (Å²) >= 11 is 0. The highest BCUT2D eigenvalue weighted by Crippen LogP contribution is 2.21. The largest absolute Gasteiger partial charge is 0.496 e. The van der Waals surface area contributed by atoms with Gasteiger partial charge >= 0.3 is 0 Å². The lowest BCUT2D eigenvalue weighted by Crippen LogP contribution is -2.44. The van der Waals surface area contributed by atoms with Gasteiger partial charge in [0.15, 0.2) is 0 Å². The Bertz CT molecular complexity index is 398. The number of benzene rings is 1. The van der Waals surface area contributed by atoms with Crippen molar-refractivity contribution in [1.82, 2.24) is 9.80 Å². The zero-order valence-electron chi connectivity index (χ0n) is 12.5. The molecule has 1 fully saturated rings. The fraction of sp³-hybridized carbons (Fsp3) is 0.625. The highest BCUT2D eigenvalue weighted by atomic mass is 16.5. The van der Waals surface area contributed by atoms with Crippen LogP contribution in [0.1, 0.15) is 17.5 Å². The minimum Gasteiger partial charge on any atom is -0.496 e. The Labute approximate surface area is 117 Å². The minimum atomic E-state index is 1.03. The Morgan fingerprint density at radius 3 is 2.58 bits per heavy atom. The van der Waals surface area contributed by atoms with E-state index in [1.165, 1.54) is 50.3 Å². The first kappa shape index (κ1) is 14.4. The summed E-state index contributed by atoms with van der Waals surface area (Å²) in [6, 6.07) is 6.45. The maximum atomic E-state index is 5.44. The van der Waals surface area contributed by atoms with Gasteiger partial charge in [-0.15, -0.1) is 0 Å². The average Bonchev–Trinajstić information content (AvgIpc) is 2.41. The fourth-order valence-electron chi connectivity index (χ4n) is 2.67. The van der Waals surface area contributed by atoms with E-state index in [2.05, 4.69) is 42.0 Å². The van der Waals surface area contributed by atoms with E-state index in [-0.39, 0.29) is 0 Å². The first-order valence-electron chi connectivity index (χ1n) is 7.23. The van der Waals surface area contributed by atoms with Gasteiger partial charge in [0, 0.05) is 26.2 Å². The van der Waals surface area contributed by atoms with Crippen LogP contribution in [0.5, 0.6) is 5.75 Å². The number of rotatable bonds is 5. The lowest BCUT2D eigenvalue weighted by molar-refractivity contribution is 0.153. The summed E-state index contributed by atoms with van der Waals surface area (Å²) in [5, 5.41) is 0. The lowest BCUT2D eigenvalue weighted by atomic mass is 10.1. The van der Waals surface area contributed by atoms with Crippen LogP contribution in [0, 0.1) is 6.92 Å². The number of hydrogen-bond acceptors (Lipinski definition) is 3. The van der Waals surface area contributed by atoms with Crippen LogP contribution in [0.2, 0.25) is 0 Å². The highest BCUT2D eigenvalue weighted by Gasteiger charge is 2.13. The van der Waals surface area contributed by atoms with E-state index in [4.69, 9.17) is 4.74 Å². The molecule has 1 heterocycles. The van der Waals surface area contributed by atoms with Crippen LogP contribution in [0.15, 0.2) is 18.2 Å². The Kier molecular flexibility index (Phi) is 5.23. The van der Waals surface area contributed by atoms with Crippen LogP contribution in [-0.2, 0) is 6.42 Å². The highest BCUT2D eigenvalue weighted by molar-refractivity contribution is 5.36. The molecule has 0 atom stereocenters. The number of piperazine rings is 1. The van der Waals surface area contributed by atoms with Crippen molar-refractivity contribution in [3.8, 4) is 5.75 Å². The zero-order valence-corrected chi connectivity index (χ0v) is 12.5. The van der Waals surface area contributed by atoms with Gasteiger partial charge in [-0.1, -0.05) is 17.7 Å². The molecule has 0 amide bonds. The predicted molar refractivity (Wildman–Crippen MR) is 80.0 cm³/mol. The standard InChI is InChI=1S/C16H26N2O/c1-14-6-7-16(19-3)15(13-14)5-4-8-18-11-9-17(2)10-12-18/h6-7,13H,4-5,8-12H2,1-3H3. The van der Waals surface area contributed by atoms with Gasteiger partial charge < -0.3 is 14.5 Å². The zero-order chi connectivity index (χ0) is 13.7. The molecule has 3 heteroatoms. The van der Waals surface area contributed by atoms with Gasteiger partial charge in [0.1, 0.15) is 5.75 Å². The van der Waals surface area contributed by atoms with E-state index in [1.54, 1.807) is 7.11 Å². The molecule has 1 saturated heterocycles. The molecule has 0 unspecified atom stereocenters. The van der Waals surface area contributed by atoms with Gasteiger partial charge in [-0.3, -0.25) is 0 Å². The molecule has 19 heavy (non-hydrogen) atoms. The molecule has 0 spiro atoms. The summed E-state index contributed by atoms with van der Waals surface area (Å²) in [5.74, 6) is 1.03. The van der Waals surface area contributed by atoms with Crippen molar-refractivity contribution in [1.29, 1.82) is 0 Å². The van der Waals surface area contributed by atoms with E-state index in [1.807, 2.05) is 0 Å². The molecule has 0 aliphatic carbocycles. The maximum Gasteiger partial charge on any atom is 0.122 e. The third-order valence-corrected chi connectivity index (χ3v) is 3.95. The molecule has 0 saturated carbocycles. The number of likely N-dealkylation sites (N-methyl/N-ethyl adjacent to an activating group) is 1. The molecule has 0 N–H and O–H groups in total. The van der Waals surface area contributed by atoms with Crippen LogP contribution >= 0.6 is 0 Å². The van der Waals surface area contributed by atoms with E-state index < -0.39 is 0 Å². The van der Waals surface area contributed by atoms with Gasteiger partial charge in [-0.05, 0) is 45.0 Å². The number of methoxy groups -OCH3 is 1. The van der Waals surface area contributed by atoms with Gasteiger partial charge in [-0.2, -0.15) is 0 Å². The van der Waals surface area contributed by atoms with E-state index >= 15 is 0 Å². The Morgan fingerprint density at radius 1 is 1.16 bits per heavy atom. The van der Waals surface area contributed by atoms with Gasteiger partial charge in [0.25, 0.3) is 0 Å². The van der Waals surface area contributed by atoms with Crippen LogP contribution in [0.25, 0.3) is 0 Å². The summed E-state index contributed by atoms with van der Waals surface area (Å²) in [6.07, 6.45) is 2.32. The quantitative estimate of drug-likeness (QED) is 0.809. The number of aryl methyl sites for hydroxylation is 2. The number of ether oxygens (including phenoxy) is 1. The van der Waals surface area contributed by atoms with Crippen molar-refractivity contribution >= 4 is 0 Å². The SMILES string of the molecule is COc1ccc(C)cc1CCCN1CCN(C)CC1. The van der Waals surface area contributed by atoms with Gasteiger partial charge in [0.2, 0.25) is 0 Å². The molecule has 106 valence electrons. The van der Waals surface area contributed by atoms with E-state index in [0.29, 0.717) is 0 Å². The fourth-order valence-corrected chi connectivity index (χ4v) is 2.67. The van der Waals surface area contributed by atoms with Crippen LogP contribution in [-0.4, -0.2) is 56.7 Å². The second-order valence-electron chi connectivity index (χ2n) is 5.56. The topological polar surface area (TPSA) is 15.7 Å². The molecular weight excluding hydrogens is 236 g/mol. The Morgan fingerprint density at radius 2 is 1.89 bits per heavy atom. The molecule has 0 aromatic heterocycles. The minimum absolute atomic E-state index is 1.03. The van der Waals surface area contributed by atoms with Crippen molar-refractivity contribution in [2.45, 2.75) is 19.8 Å². The van der Waals surface area contributed by atoms with Gasteiger partial charge in [0.05, 0.1) is 7.11 Å². The molecule has 1 aromatic carbocycles. The molecule has 0 radical (unpaired) electrons. The third kappa shape index (κ3) is 4.22. The summed E-state index contributed by atoms with van der Waals surface area (Å²) in [4.78, 5) is 4.97. The first-order chi connectivity index (χ1) is 9.19. The number of hydrogen-bond donors (Lipinski definition) is 0. The smallest absolute Gasteiger partial charge is 0.122 e. The predicted octanol–water partition coefficient (Wildman–Crippen LogP) is 2.18. The average molecular weight is 262 g/mol. The van der Waals surface area contributed by atoms with E-state index in [9.17, 15) is 0 Å². The van der Waals surface area contributed by atoms with Crippen LogP contribution in [0.4, 0.5) is 0 Å². The molecule has 1 aliphatic rings. The summed E-state index contributed by atoms with van der Waals surface area (Å²) in [6.45, 7) is 8.17. The molecule has 3 nitrogen and oxygen atoms in total. The summed E-state index contributed by atoms with van der Waals surface area (Å²) < 4.78 is 5.44. The summed E-state index contributed by atoms with van der Waals surface area (Å²) in [7, 11) is 3.96. The van der Waals surface area contributed by atoms with Crippen molar-refractivity contribution in [3.05, 3.63) is 29.3 Å². The second kappa shape index (κ2) is 6.92. The third-order valence-electron chi connectivity index (χ3n) is 3.95. The van der Waals surface area contributed by atoms with Gasteiger partial charge in [-0.25, -0.2) is 0 Å². The van der Waals surface area contributed by atoms with Crippen molar-refractivity contribution in [3.63, 3.8) is 0 Å². The van der Waals surface area contributed by atoms with E-state index in [0.717, 1.165) is 12.2 Å². The van der Waals surface area contributed by atoms with Crippen LogP contribution < -0.4 is 4.74 Å².